The summed E-state index contributed by atoms with van der Waals surface area (Å²) in [4.78, 5) is 23.7. The topological polar surface area (TPSA) is 87.7 Å². The zero-order valence-corrected chi connectivity index (χ0v) is 18.6. The SMILES string of the molecule is CCOC(c1ccc(C(CC)CC(=O)O)cc1NC(=O)Nc1ccc(Cl)cc1F)C(F)(F)F. The lowest BCUT2D eigenvalue weighted by Gasteiger charge is -2.25. The maximum atomic E-state index is 14.0. The van der Waals surface area contributed by atoms with E-state index in [0.29, 0.717) is 12.0 Å². The third-order valence-electron chi connectivity index (χ3n) is 4.80. The van der Waals surface area contributed by atoms with Gasteiger partial charge in [0.05, 0.1) is 12.1 Å². The van der Waals surface area contributed by atoms with Crippen LogP contribution in [-0.4, -0.2) is 29.9 Å². The van der Waals surface area contributed by atoms with Gasteiger partial charge < -0.3 is 20.5 Å². The number of carbonyl (C=O) groups is 2. The number of carbonyl (C=O) groups excluding carboxylic acids is 1. The third-order valence-corrected chi connectivity index (χ3v) is 5.04. The summed E-state index contributed by atoms with van der Waals surface area (Å²) in [6.45, 7) is 2.89. The van der Waals surface area contributed by atoms with Gasteiger partial charge in [-0.2, -0.15) is 13.2 Å². The van der Waals surface area contributed by atoms with Crippen LogP contribution in [0.15, 0.2) is 36.4 Å². The molecule has 0 heterocycles. The number of rotatable bonds is 9. The molecule has 0 aromatic heterocycles. The highest BCUT2D eigenvalue weighted by Gasteiger charge is 2.43. The highest BCUT2D eigenvalue weighted by molar-refractivity contribution is 6.30. The Labute approximate surface area is 192 Å². The molecule has 6 nitrogen and oxygen atoms in total. The Morgan fingerprint density at radius 2 is 1.76 bits per heavy atom. The quantitative estimate of drug-likeness (QED) is 0.340. The molecule has 2 amide bonds. The van der Waals surface area contributed by atoms with Crippen molar-refractivity contribution in [2.45, 2.75) is 44.9 Å². The molecule has 0 bridgehead atoms. The number of aliphatic carboxylic acids is 1. The van der Waals surface area contributed by atoms with E-state index in [1.807, 2.05) is 0 Å². The summed E-state index contributed by atoms with van der Waals surface area (Å²) in [6, 6.07) is 6.31. The van der Waals surface area contributed by atoms with Crippen LogP contribution in [0.25, 0.3) is 0 Å². The standard InChI is InChI=1S/C22H23ClF4N2O4/c1-3-12(10-19(30)31)13-5-7-15(20(33-4-2)22(25,26)27)18(9-13)29-21(32)28-17-8-6-14(23)11-16(17)24/h5-9,11-12,20H,3-4,10H2,1-2H3,(H,30,31)(H2,28,29,32). The second kappa shape index (κ2) is 11.3. The molecule has 0 radical (unpaired) electrons. The van der Waals surface area contributed by atoms with E-state index in [1.165, 1.54) is 31.2 Å². The van der Waals surface area contributed by atoms with Crippen LogP contribution in [0.1, 0.15) is 49.8 Å². The number of alkyl halides is 3. The van der Waals surface area contributed by atoms with Gasteiger partial charge in [-0.05, 0) is 49.1 Å². The Morgan fingerprint density at radius 1 is 1.09 bits per heavy atom. The molecule has 2 aromatic carbocycles. The van der Waals surface area contributed by atoms with Crippen molar-refractivity contribution in [1.82, 2.24) is 0 Å². The minimum atomic E-state index is -4.78. The second-order valence-electron chi connectivity index (χ2n) is 7.13. The number of carboxylic acid groups (broad SMARTS) is 1. The monoisotopic (exact) mass is 490 g/mol. The fraction of sp³-hybridized carbons (Fsp3) is 0.364. The smallest absolute Gasteiger partial charge is 0.418 e. The Hall–Kier alpha value is -2.85. The second-order valence-corrected chi connectivity index (χ2v) is 7.57. The molecule has 11 heteroatoms. The number of anilines is 2. The molecular formula is C22H23ClF4N2O4. The van der Waals surface area contributed by atoms with E-state index in [0.717, 1.165) is 12.1 Å². The summed E-state index contributed by atoms with van der Waals surface area (Å²) in [5, 5.41) is 13.8. The van der Waals surface area contributed by atoms with Crippen LogP contribution in [0.3, 0.4) is 0 Å². The Bertz CT molecular complexity index is 1000. The van der Waals surface area contributed by atoms with Crippen LogP contribution in [0.2, 0.25) is 5.02 Å². The lowest BCUT2D eigenvalue weighted by atomic mass is 9.91. The van der Waals surface area contributed by atoms with E-state index in [9.17, 15) is 27.2 Å². The summed E-state index contributed by atoms with van der Waals surface area (Å²) in [5.41, 5.74) is -0.415. The van der Waals surface area contributed by atoms with Crippen molar-refractivity contribution >= 4 is 35.0 Å². The van der Waals surface area contributed by atoms with Gasteiger partial charge in [0.15, 0.2) is 6.10 Å². The predicted octanol–water partition coefficient (Wildman–Crippen LogP) is 6.73. The number of halogens is 5. The molecule has 33 heavy (non-hydrogen) atoms. The summed E-state index contributed by atoms with van der Waals surface area (Å²) in [6.07, 6.45) is -6.95. The van der Waals surface area contributed by atoms with Crippen molar-refractivity contribution in [2.24, 2.45) is 0 Å². The molecule has 0 saturated heterocycles. The van der Waals surface area contributed by atoms with Gasteiger partial charge in [0.1, 0.15) is 5.82 Å². The van der Waals surface area contributed by atoms with Crippen molar-refractivity contribution < 1.29 is 37.0 Å². The van der Waals surface area contributed by atoms with Crippen LogP contribution in [0.5, 0.6) is 0 Å². The normalized spacial score (nSPS) is 13.3. The van der Waals surface area contributed by atoms with Crippen LogP contribution >= 0.6 is 11.6 Å². The van der Waals surface area contributed by atoms with Gasteiger partial charge in [-0.1, -0.05) is 30.7 Å². The third kappa shape index (κ3) is 7.33. The number of nitrogens with one attached hydrogen (secondary N) is 2. The minimum Gasteiger partial charge on any atom is -0.481 e. The lowest BCUT2D eigenvalue weighted by molar-refractivity contribution is -0.222. The van der Waals surface area contributed by atoms with Crippen molar-refractivity contribution in [3.05, 3.63) is 58.4 Å². The molecular weight excluding hydrogens is 468 g/mol. The molecule has 2 unspecified atom stereocenters. The van der Waals surface area contributed by atoms with Gasteiger partial charge in [0, 0.05) is 22.9 Å². The molecule has 2 aromatic rings. The van der Waals surface area contributed by atoms with E-state index in [4.69, 9.17) is 21.4 Å². The molecule has 0 aliphatic rings. The van der Waals surface area contributed by atoms with Crippen molar-refractivity contribution in [1.29, 1.82) is 0 Å². The number of hydrogen-bond acceptors (Lipinski definition) is 3. The fourth-order valence-electron chi connectivity index (χ4n) is 3.27. The van der Waals surface area contributed by atoms with Gasteiger partial charge in [-0.25, -0.2) is 9.18 Å². The number of ether oxygens (including phenoxy) is 1. The average Bonchev–Trinajstić information content (AvgIpc) is 2.71. The van der Waals surface area contributed by atoms with Crippen molar-refractivity contribution in [3.63, 3.8) is 0 Å². The van der Waals surface area contributed by atoms with E-state index in [2.05, 4.69) is 10.6 Å². The summed E-state index contributed by atoms with van der Waals surface area (Å²) in [5.74, 6) is -2.40. The van der Waals surface area contributed by atoms with Crippen LogP contribution < -0.4 is 10.6 Å². The maximum absolute atomic E-state index is 14.0. The summed E-state index contributed by atoms with van der Waals surface area (Å²) >= 11 is 5.68. The van der Waals surface area contributed by atoms with Crippen molar-refractivity contribution in [3.8, 4) is 0 Å². The van der Waals surface area contributed by atoms with Gasteiger partial charge in [0.2, 0.25) is 0 Å². The van der Waals surface area contributed by atoms with E-state index >= 15 is 0 Å². The first kappa shape index (κ1) is 26.4. The van der Waals surface area contributed by atoms with Gasteiger partial charge in [-0.15, -0.1) is 0 Å². The number of benzene rings is 2. The highest BCUT2D eigenvalue weighted by Crippen LogP contribution is 2.40. The average molecular weight is 491 g/mol. The number of amides is 2. The predicted molar refractivity (Wildman–Crippen MR) is 116 cm³/mol. The maximum Gasteiger partial charge on any atom is 0.418 e. The van der Waals surface area contributed by atoms with Crippen LogP contribution in [-0.2, 0) is 9.53 Å². The Morgan fingerprint density at radius 3 is 2.30 bits per heavy atom. The van der Waals surface area contributed by atoms with E-state index in [1.54, 1.807) is 6.92 Å². The van der Waals surface area contributed by atoms with E-state index < -0.39 is 36.0 Å². The molecule has 3 N–H and O–H groups in total. The minimum absolute atomic E-state index is 0.0993. The zero-order valence-electron chi connectivity index (χ0n) is 17.8. The molecule has 0 aliphatic heterocycles. The summed E-state index contributed by atoms with van der Waals surface area (Å²) < 4.78 is 59.8. The first-order valence-electron chi connectivity index (χ1n) is 10.0. The first-order valence-corrected chi connectivity index (χ1v) is 10.4. The molecule has 0 spiro atoms. The van der Waals surface area contributed by atoms with Crippen LogP contribution in [0, 0.1) is 5.82 Å². The molecule has 2 atom stereocenters. The van der Waals surface area contributed by atoms with Gasteiger partial charge >= 0.3 is 18.2 Å². The molecule has 0 saturated carbocycles. The number of hydrogen-bond donors (Lipinski definition) is 3. The molecule has 0 fully saturated rings. The lowest BCUT2D eigenvalue weighted by Crippen LogP contribution is -2.27. The molecule has 180 valence electrons. The number of urea groups is 1. The summed E-state index contributed by atoms with van der Waals surface area (Å²) in [7, 11) is 0. The zero-order chi connectivity index (χ0) is 24.8. The fourth-order valence-corrected chi connectivity index (χ4v) is 3.43. The first-order chi connectivity index (χ1) is 15.5. The number of carboxylic acids is 1. The molecule has 2 rings (SSSR count). The van der Waals surface area contributed by atoms with Gasteiger partial charge in [0.25, 0.3) is 0 Å². The Kier molecular flexibility index (Phi) is 9.07. The van der Waals surface area contributed by atoms with Gasteiger partial charge in [-0.3, -0.25) is 4.79 Å². The van der Waals surface area contributed by atoms with Crippen LogP contribution in [0.4, 0.5) is 33.7 Å². The van der Waals surface area contributed by atoms with E-state index in [-0.39, 0.29) is 35.0 Å². The highest BCUT2D eigenvalue weighted by atomic mass is 35.5. The molecule has 0 aliphatic carbocycles. The Balaban J connectivity index is 2.46. The largest absolute Gasteiger partial charge is 0.481 e. The van der Waals surface area contributed by atoms with Crippen molar-refractivity contribution in [2.75, 3.05) is 17.2 Å².